The molecule has 0 aliphatic carbocycles. The molecule has 2 aromatic carbocycles. The molecule has 7 nitrogen and oxygen atoms in total. The zero-order chi connectivity index (χ0) is 23.6. The van der Waals surface area contributed by atoms with Crippen molar-refractivity contribution in [1.82, 2.24) is 10.2 Å². The molecule has 2 aliphatic rings. The lowest BCUT2D eigenvalue weighted by Gasteiger charge is -2.45. The van der Waals surface area contributed by atoms with E-state index in [1.165, 1.54) is 25.9 Å². The van der Waals surface area contributed by atoms with Crippen LogP contribution >= 0.6 is 0 Å². The summed E-state index contributed by atoms with van der Waals surface area (Å²) in [5.74, 6) is -0.203. The fraction of sp³-hybridized carbons (Fsp3) is 0.440. The molecule has 2 N–H and O–H groups in total. The first-order chi connectivity index (χ1) is 15.8. The van der Waals surface area contributed by atoms with Crippen LogP contribution in [-0.2, 0) is 22.1 Å². The molecule has 0 aromatic heterocycles. The number of anilines is 1. The Bertz CT molecular complexity index is 1070. The lowest BCUT2D eigenvalue weighted by atomic mass is 9.95. The maximum absolute atomic E-state index is 13.6. The Morgan fingerprint density at radius 3 is 2.61 bits per heavy atom. The Kier molecular flexibility index (Phi) is 6.86. The van der Waals surface area contributed by atoms with Crippen LogP contribution in [0.5, 0.6) is 5.75 Å². The van der Waals surface area contributed by atoms with Crippen LogP contribution in [0.1, 0.15) is 54.9 Å². The Hall–Kier alpha value is -2.71. The minimum atomic E-state index is -1.40. The first-order valence-corrected chi connectivity index (χ1v) is 12.8. The minimum Gasteiger partial charge on any atom is -0.496 e. The van der Waals surface area contributed by atoms with Gasteiger partial charge in [0.25, 0.3) is 5.91 Å². The second-order valence-electron chi connectivity index (χ2n) is 8.87. The van der Waals surface area contributed by atoms with Crippen molar-refractivity contribution in [2.24, 2.45) is 0 Å². The van der Waals surface area contributed by atoms with E-state index < -0.39 is 16.5 Å². The van der Waals surface area contributed by atoms with E-state index in [4.69, 9.17) is 4.74 Å². The third-order valence-electron chi connectivity index (χ3n) is 6.72. The monoisotopic (exact) mass is 469 g/mol. The Labute approximate surface area is 197 Å². The first kappa shape index (κ1) is 23.4. The molecule has 2 aliphatic heterocycles. The number of benzene rings is 2. The molecule has 4 rings (SSSR count). The van der Waals surface area contributed by atoms with Gasteiger partial charge in [0.1, 0.15) is 5.75 Å². The van der Waals surface area contributed by atoms with Crippen molar-refractivity contribution in [3.05, 3.63) is 53.6 Å². The van der Waals surface area contributed by atoms with Crippen LogP contribution in [0.15, 0.2) is 47.4 Å². The summed E-state index contributed by atoms with van der Waals surface area (Å²) in [5, 5.41) is 6.02. The zero-order valence-electron chi connectivity index (χ0n) is 19.3. The van der Waals surface area contributed by atoms with Crippen LogP contribution in [0.3, 0.4) is 0 Å². The number of piperidine rings is 1. The summed E-state index contributed by atoms with van der Waals surface area (Å²) in [5.41, 5.74) is 1.52. The Morgan fingerprint density at radius 2 is 1.94 bits per heavy atom. The molecule has 2 aromatic rings. The second-order valence-corrected chi connectivity index (χ2v) is 10.2. The summed E-state index contributed by atoms with van der Waals surface area (Å²) in [7, 11) is 0.0856. The Balaban J connectivity index is 1.65. The summed E-state index contributed by atoms with van der Waals surface area (Å²) < 4.78 is 17.9. The number of methoxy groups -OCH3 is 1. The number of rotatable bonds is 7. The molecule has 0 saturated carbocycles. The van der Waals surface area contributed by atoms with Crippen LogP contribution in [0, 0.1) is 0 Å². The third-order valence-corrected chi connectivity index (χ3v) is 7.68. The molecule has 2 saturated heterocycles. The summed E-state index contributed by atoms with van der Waals surface area (Å²) in [6.07, 6.45) is 6.57. The molecule has 0 radical (unpaired) electrons. The van der Waals surface area contributed by atoms with E-state index >= 15 is 0 Å². The number of carbonyl (C=O) groups excluding carboxylic acids is 2. The summed E-state index contributed by atoms with van der Waals surface area (Å²) in [6, 6.07) is 13.9. The molecule has 3 atom stereocenters. The van der Waals surface area contributed by atoms with Crippen LogP contribution in [0.25, 0.3) is 0 Å². The van der Waals surface area contributed by atoms with E-state index in [-0.39, 0.29) is 11.8 Å². The van der Waals surface area contributed by atoms with E-state index in [9.17, 15) is 13.8 Å². The van der Waals surface area contributed by atoms with Gasteiger partial charge in [0.15, 0.2) is 0 Å². The molecule has 33 heavy (non-hydrogen) atoms. The molecule has 2 bridgehead atoms. The van der Waals surface area contributed by atoms with E-state index in [2.05, 4.69) is 27.7 Å². The van der Waals surface area contributed by atoms with Crippen LogP contribution in [-0.4, -0.2) is 46.0 Å². The molecular weight excluding hydrogens is 438 g/mol. The molecule has 8 heteroatoms. The van der Waals surface area contributed by atoms with Gasteiger partial charge in [-0.25, -0.2) is 0 Å². The van der Waals surface area contributed by atoms with Crippen molar-refractivity contribution in [3.63, 3.8) is 0 Å². The highest BCUT2D eigenvalue weighted by Crippen LogP contribution is 2.44. The number of amides is 2. The number of hydrogen-bond donors (Lipinski definition) is 2. The molecule has 2 amide bonds. The molecule has 0 spiro atoms. The minimum absolute atomic E-state index is 0.256. The Morgan fingerprint density at radius 1 is 1.18 bits per heavy atom. The van der Waals surface area contributed by atoms with Gasteiger partial charge in [-0.1, -0.05) is 30.3 Å². The predicted octanol–water partition coefficient (Wildman–Crippen LogP) is 3.67. The first-order valence-electron chi connectivity index (χ1n) is 11.3. The lowest BCUT2D eigenvalue weighted by Crippen LogP contribution is -2.60. The maximum atomic E-state index is 13.6. The highest BCUT2D eigenvalue weighted by Gasteiger charge is 2.49. The van der Waals surface area contributed by atoms with Gasteiger partial charge in [0, 0.05) is 31.8 Å². The van der Waals surface area contributed by atoms with E-state index in [0.29, 0.717) is 27.9 Å². The largest absolute Gasteiger partial charge is 0.496 e. The number of hydrogen-bond acceptors (Lipinski definition) is 5. The number of nitrogens with zero attached hydrogens (tertiary/aromatic N) is 1. The van der Waals surface area contributed by atoms with E-state index in [1.54, 1.807) is 12.1 Å². The van der Waals surface area contributed by atoms with Gasteiger partial charge in [-0.15, -0.1) is 0 Å². The fourth-order valence-corrected chi connectivity index (χ4v) is 5.92. The van der Waals surface area contributed by atoms with Crippen molar-refractivity contribution in [2.75, 3.05) is 18.7 Å². The van der Waals surface area contributed by atoms with Crippen molar-refractivity contribution >= 4 is 28.3 Å². The predicted molar refractivity (Wildman–Crippen MR) is 129 cm³/mol. The summed E-state index contributed by atoms with van der Waals surface area (Å²) in [4.78, 5) is 28.0. The average Bonchev–Trinajstić information content (AvgIpc) is 2.96. The highest BCUT2D eigenvalue weighted by molar-refractivity contribution is 7.84. The normalized spacial score (nSPS) is 23.1. The second kappa shape index (κ2) is 9.65. The standard InChI is InChI=1S/C25H31N3O4S/c1-17(29)26-21-15-22(32-2)20(14-23(21)33(3)31)24(30)27-25-12-7-10-19(11-13-25)28(25)16-18-8-5-4-6-9-18/h4-6,8-9,14-15,19H,7,10-13,16H2,1-3H3,(H,26,29)(H,27,30). The van der Waals surface area contributed by atoms with Crippen molar-refractivity contribution < 1.29 is 18.5 Å². The maximum Gasteiger partial charge on any atom is 0.256 e. The van der Waals surface area contributed by atoms with E-state index in [1.807, 2.05) is 18.2 Å². The lowest BCUT2D eigenvalue weighted by molar-refractivity contribution is -0.114. The van der Waals surface area contributed by atoms with Crippen LogP contribution in [0.4, 0.5) is 5.69 Å². The number of fused-ring (bicyclic) bond motifs is 2. The molecular formula is C25H31N3O4S. The molecule has 2 heterocycles. The zero-order valence-corrected chi connectivity index (χ0v) is 20.2. The van der Waals surface area contributed by atoms with Crippen molar-refractivity contribution in [2.45, 2.75) is 62.2 Å². The number of carbonyl (C=O) groups is 2. The van der Waals surface area contributed by atoms with Gasteiger partial charge in [-0.05, 0) is 43.7 Å². The molecule has 176 valence electrons. The molecule has 2 fully saturated rings. The van der Waals surface area contributed by atoms with Crippen molar-refractivity contribution in [1.29, 1.82) is 0 Å². The summed E-state index contributed by atoms with van der Waals surface area (Å²) in [6.45, 7) is 2.17. The SMILES string of the molecule is COc1cc(NC(C)=O)c(S(C)=O)cc1C(=O)NC12CCCC(CC1)N2Cc1ccccc1. The van der Waals surface area contributed by atoms with Gasteiger partial charge in [0.2, 0.25) is 5.91 Å². The van der Waals surface area contributed by atoms with E-state index in [0.717, 1.165) is 38.6 Å². The number of ether oxygens (including phenoxy) is 1. The van der Waals surface area contributed by atoms with Gasteiger partial charge in [-0.2, -0.15) is 0 Å². The average molecular weight is 470 g/mol. The van der Waals surface area contributed by atoms with Crippen LogP contribution in [0.2, 0.25) is 0 Å². The van der Waals surface area contributed by atoms with Gasteiger partial charge in [-0.3, -0.25) is 18.7 Å². The quantitative estimate of drug-likeness (QED) is 0.646. The summed E-state index contributed by atoms with van der Waals surface area (Å²) >= 11 is 0. The third kappa shape index (κ3) is 4.82. The van der Waals surface area contributed by atoms with Gasteiger partial charge >= 0.3 is 0 Å². The van der Waals surface area contributed by atoms with Gasteiger partial charge < -0.3 is 15.4 Å². The smallest absolute Gasteiger partial charge is 0.256 e. The van der Waals surface area contributed by atoms with Crippen molar-refractivity contribution in [3.8, 4) is 5.75 Å². The van der Waals surface area contributed by atoms with Gasteiger partial charge in [0.05, 0.1) is 39.7 Å². The van der Waals surface area contributed by atoms with Crippen LogP contribution < -0.4 is 15.4 Å². The number of nitrogens with one attached hydrogen (secondary N) is 2. The molecule has 3 unspecified atom stereocenters. The topological polar surface area (TPSA) is 87.7 Å². The fourth-order valence-electron chi connectivity index (χ4n) is 5.22. The highest BCUT2D eigenvalue weighted by atomic mass is 32.2.